The zero-order valence-corrected chi connectivity index (χ0v) is 16.6. The second-order valence-electron chi connectivity index (χ2n) is 5.96. The van der Waals surface area contributed by atoms with Crippen LogP contribution in [0.1, 0.15) is 11.4 Å². The molecule has 0 saturated carbocycles. The second kappa shape index (κ2) is 9.43. The number of nitrogens with one attached hydrogen (secondary N) is 1. The number of aromatic nitrogens is 3. The predicted molar refractivity (Wildman–Crippen MR) is 112 cm³/mol. The zero-order chi connectivity index (χ0) is 19.9. The van der Waals surface area contributed by atoms with Crippen molar-refractivity contribution >= 4 is 35.0 Å². The van der Waals surface area contributed by atoms with Gasteiger partial charge >= 0.3 is 0 Å². The molecule has 6 nitrogen and oxygen atoms in total. The molecule has 0 unspecified atom stereocenters. The van der Waals surface area contributed by atoms with Crippen molar-refractivity contribution in [3.8, 4) is 5.75 Å². The minimum atomic E-state index is -0.277. The van der Waals surface area contributed by atoms with Crippen LogP contribution < -0.4 is 5.32 Å². The molecule has 144 valence electrons. The van der Waals surface area contributed by atoms with Crippen molar-refractivity contribution in [3.05, 3.63) is 77.6 Å². The summed E-state index contributed by atoms with van der Waals surface area (Å²) in [6, 6.07) is 14.5. The molecule has 2 N–H and O–H groups in total. The lowest BCUT2D eigenvalue weighted by atomic mass is 10.1. The van der Waals surface area contributed by atoms with Gasteiger partial charge in [0.2, 0.25) is 5.91 Å². The van der Waals surface area contributed by atoms with Gasteiger partial charge < -0.3 is 15.0 Å². The molecule has 0 radical (unpaired) electrons. The molecule has 3 aromatic rings. The van der Waals surface area contributed by atoms with Crippen molar-refractivity contribution in [2.45, 2.75) is 18.1 Å². The van der Waals surface area contributed by atoms with Gasteiger partial charge in [-0.3, -0.25) is 4.79 Å². The maximum Gasteiger partial charge on any atom is 0.234 e. The summed E-state index contributed by atoms with van der Waals surface area (Å²) in [6.07, 6.45) is 2.41. The molecule has 0 spiro atoms. The van der Waals surface area contributed by atoms with Crippen molar-refractivity contribution in [3.63, 3.8) is 0 Å². The number of carbonyl (C=O) groups is 1. The molecule has 2 aromatic carbocycles. The minimum Gasteiger partial charge on any atom is -0.506 e. The van der Waals surface area contributed by atoms with E-state index in [1.807, 2.05) is 34.9 Å². The van der Waals surface area contributed by atoms with Gasteiger partial charge in [0.1, 0.15) is 11.6 Å². The van der Waals surface area contributed by atoms with Crippen LogP contribution in [0.3, 0.4) is 0 Å². The first-order valence-corrected chi connectivity index (χ1v) is 9.91. The van der Waals surface area contributed by atoms with Gasteiger partial charge in [-0.15, -0.1) is 16.8 Å². The van der Waals surface area contributed by atoms with Crippen molar-refractivity contribution < 1.29 is 9.90 Å². The summed E-state index contributed by atoms with van der Waals surface area (Å²) in [4.78, 5) is 12.3. The van der Waals surface area contributed by atoms with E-state index in [-0.39, 0.29) is 23.1 Å². The largest absolute Gasteiger partial charge is 0.506 e. The molecule has 0 saturated heterocycles. The highest BCUT2D eigenvalue weighted by Gasteiger charge is 2.15. The number of benzene rings is 2. The van der Waals surface area contributed by atoms with Crippen LogP contribution in [0.4, 0.5) is 5.69 Å². The highest BCUT2D eigenvalue weighted by atomic mass is 35.5. The maximum absolute atomic E-state index is 12.3. The Morgan fingerprint density at radius 2 is 2.04 bits per heavy atom. The van der Waals surface area contributed by atoms with Crippen molar-refractivity contribution in [1.29, 1.82) is 0 Å². The third-order valence-corrected chi connectivity index (χ3v) is 5.08. The first-order chi connectivity index (χ1) is 13.6. The van der Waals surface area contributed by atoms with Gasteiger partial charge in [-0.05, 0) is 23.8 Å². The lowest BCUT2D eigenvalue weighted by Crippen LogP contribution is -2.15. The summed E-state index contributed by atoms with van der Waals surface area (Å²) in [5.41, 5.74) is 1.40. The molecule has 28 heavy (non-hydrogen) atoms. The highest BCUT2D eigenvalue weighted by Crippen LogP contribution is 2.27. The Labute approximate surface area is 172 Å². The molecule has 0 fully saturated rings. The molecule has 0 aliphatic carbocycles. The number of phenolic OH excluding ortho intramolecular Hbond substituents is 1. The fraction of sp³-hybridized carbons (Fsp3) is 0.150. The number of anilines is 1. The molecule has 0 atom stereocenters. The number of hydrogen-bond donors (Lipinski definition) is 2. The number of thioether (sulfide) groups is 1. The first kappa shape index (κ1) is 20.0. The number of carbonyl (C=O) groups excluding carboxylic acids is 1. The third-order valence-electron chi connectivity index (χ3n) is 3.88. The molecule has 0 aliphatic heterocycles. The van der Waals surface area contributed by atoms with Gasteiger partial charge in [0.15, 0.2) is 5.16 Å². The summed E-state index contributed by atoms with van der Waals surface area (Å²) in [6.45, 7) is 4.34. The fourth-order valence-electron chi connectivity index (χ4n) is 2.57. The van der Waals surface area contributed by atoms with E-state index >= 15 is 0 Å². The molecule has 8 heteroatoms. The molecule has 0 aliphatic rings. The van der Waals surface area contributed by atoms with E-state index in [0.29, 0.717) is 23.1 Å². The fourth-order valence-corrected chi connectivity index (χ4v) is 3.51. The Bertz CT molecular complexity index is 976. The van der Waals surface area contributed by atoms with Gasteiger partial charge in [0.25, 0.3) is 0 Å². The van der Waals surface area contributed by atoms with Crippen LogP contribution in [0.5, 0.6) is 5.75 Å². The third kappa shape index (κ3) is 5.15. The van der Waals surface area contributed by atoms with Crippen molar-refractivity contribution in [2.75, 3.05) is 11.1 Å². The Balaban J connectivity index is 1.67. The van der Waals surface area contributed by atoms with Gasteiger partial charge in [-0.25, -0.2) is 0 Å². The number of hydrogen-bond acceptors (Lipinski definition) is 5. The van der Waals surface area contributed by atoms with Crippen LogP contribution in [0.25, 0.3) is 0 Å². The molecule has 1 amide bonds. The molecule has 0 bridgehead atoms. The number of phenols is 1. The van der Waals surface area contributed by atoms with Crippen LogP contribution in [-0.4, -0.2) is 31.5 Å². The normalized spacial score (nSPS) is 10.6. The van der Waals surface area contributed by atoms with E-state index in [9.17, 15) is 9.90 Å². The number of aromatic hydroxyl groups is 1. The van der Waals surface area contributed by atoms with Gasteiger partial charge in [-0.1, -0.05) is 59.8 Å². The average molecular weight is 415 g/mol. The van der Waals surface area contributed by atoms with Crippen LogP contribution in [-0.2, 0) is 17.8 Å². The van der Waals surface area contributed by atoms with Gasteiger partial charge in [0.05, 0.1) is 11.4 Å². The molecule has 1 heterocycles. The Hall–Kier alpha value is -2.77. The Morgan fingerprint density at radius 1 is 1.25 bits per heavy atom. The SMILES string of the molecule is C=CCn1c(Cc2ccccc2)nnc1SCC(=O)Nc1cc(Cl)ccc1O. The number of halogens is 1. The number of amides is 1. The number of rotatable bonds is 8. The van der Waals surface area contributed by atoms with Gasteiger partial charge in [0, 0.05) is 18.0 Å². The van der Waals surface area contributed by atoms with E-state index in [2.05, 4.69) is 22.1 Å². The maximum atomic E-state index is 12.3. The number of nitrogens with zero attached hydrogens (tertiary/aromatic N) is 3. The Morgan fingerprint density at radius 3 is 2.79 bits per heavy atom. The van der Waals surface area contributed by atoms with E-state index in [1.54, 1.807) is 12.1 Å². The van der Waals surface area contributed by atoms with Gasteiger partial charge in [-0.2, -0.15) is 0 Å². The summed E-state index contributed by atoms with van der Waals surface area (Å²) >= 11 is 7.17. The monoisotopic (exact) mass is 414 g/mol. The van der Waals surface area contributed by atoms with E-state index in [4.69, 9.17) is 11.6 Å². The average Bonchev–Trinajstić information content (AvgIpc) is 3.06. The van der Waals surface area contributed by atoms with Crippen molar-refractivity contribution in [2.24, 2.45) is 0 Å². The zero-order valence-electron chi connectivity index (χ0n) is 15.0. The van der Waals surface area contributed by atoms with Crippen molar-refractivity contribution in [1.82, 2.24) is 14.8 Å². The molecule has 1 aromatic heterocycles. The van der Waals surface area contributed by atoms with E-state index in [1.165, 1.54) is 23.9 Å². The summed E-state index contributed by atoms with van der Waals surface area (Å²) < 4.78 is 1.94. The molecular formula is C20H19ClN4O2S. The van der Waals surface area contributed by atoms with Crippen LogP contribution >= 0.6 is 23.4 Å². The summed E-state index contributed by atoms with van der Waals surface area (Å²) in [5, 5.41) is 22.0. The van der Waals surface area contributed by atoms with E-state index < -0.39 is 0 Å². The quantitative estimate of drug-likeness (QED) is 0.329. The molecule has 3 rings (SSSR count). The standard InChI is InChI=1S/C20H19ClN4O2S/c1-2-10-25-18(11-14-6-4-3-5-7-14)23-24-20(25)28-13-19(27)22-16-12-15(21)8-9-17(16)26/h2-9,12,26H,1,10-11,13H2,(H,22,27). The van der Waals surface area contributed by atoms with E-state index in [0.717, 1.165) is 11.4 Å². The predicted octanol–water partition coefficient (Wildman–Crippen LogP) is 4.14. The smallest absolute Gasteiger partial charge is 0.234 e. The van der Waals surface area contributed by atoms with Crippen LogP contribution in [0.2, 0.25) is 5.02 Å². The first-order valence-electron chi connectivity index (χ1n) is 8.55. The summed E-state index contributed by atoms with van der Waals surface area (Å²) in [5.74, 6) is 0.608. The topological polar surface area (TPSA) is 80.0 Å². The van der Waals surface area contributed by atoms with Crippen LogP contribution in [0.15, 0.2) is 66.3 Å². The van der Waals surface area contributed by atoms with Crippen LogP contribution in [0, 0.1) is 0 Å². The summed E-state index contributed by atoms with van der Waals surface area (Å²) in [7, 11) is 0. The minimum absolute atomic E-state index is 0.0391. The number of allylic oxidation sites excluding steroid dienone is 1. The molecular weight excluding hydrogens is 396 g/mol. The second-order valence-corrected chi connectivity index (χ2v) is 7.34. The highest BCUT2D eigenvalue weighted by molar-refractivity contribution is 7.99. The lowest BCUT2D eigenvalue weighted by molar-refractivity contribution is -0.113. The lowest BCUT2D eigenvalue weighted by Gasteiger charge is -2.09. The Kier molecular flexibility index (Phi) is 6.73.